The van der Waals surface area contributed by atoms with Crippen molar-refractivity contribution in [3.05, 3.63) is 52.0 Å². The number of nitrogens with zero attached hydrogens (tertiary/aromatic N) is 1. The second-order valence-electron chi connectivity index (χ2n) is 7.59. The first-order valence-electron chi connectivity index (χ1n) is 10.6. The molecular weight excluding hydrogens is 467 g/mol. The third-order valence-electron chi connectivity index (χ3n) is 5.21. The van der Waals surface area contributed by atoms with Gasteiger partial charge in [-0.1, -0.05) is 36.2 Å². The maximum atomic E-state index is 13.2. The molecule has 0 saturated carbocycles. The molecule has 0 bridgehead atoms. The van der Waals surface area contributed by atoms with Crippen LogP contribution in [0.15, 0.2) is 36.4 Å². The summed E-state index contributed by atoms with van der Waals surface area (Å²) in [4.78, 5) is 27.4. The second-order valence-corrected chi connectivity index (χ2v) is 8.43. The number of methoxy groups -OCH3 is 2. The molecule has 9 heteroatoms. The Morgan fingerprint density at radius 1 is 1.00 bits per heavy atom. The van der Waals surface area contributed by atoms with Gasteiger partial charge in [0.05, 0.1) is 14.2 Å². The Labute approximate surface area is 204 Å². The zero-order chi connectivity index (χ0) is 24.5. The summed E-state index contributed by atoms with van der Waals surface area (Å²) in [7, 11) is 3.05. The summed E-state index contributed by atoms with van der Waals surface area (Å²) >= 11 is 12.3. The molecule has 0 aliphatic heterocycles. The van der Waals surface area contributed by atoms with Crippen LogP contribution in [0.25, 0.3) is 0 Å². The van der Waals surface area contributed by atoms with Gasteiger partial charge < -0.3 is 24.4 Å². The highest BCUT2D eigenvalue weighted by Gasteiger charge is 2.28. The molecule has 2 amide bonds. The summed E-state index contributed by atoms with van der Waals surface area (Å²) in [6.07, 6.45) is 0.774. The van der Waals surface area contributed by atoms with Gasteiger partial charge in [-0.2, -0.15) is 0 Å². The van der Waals surface area contributed by atoms with E-state index in [1.165, 1.54) is 19.1 Å². The van der Waals surface area contributed by atoms with Gasteiger partial charge in [0.25, 0.3) is 5.91 Å². The summed E-state index contributed by atoms with van der Waals surface area (Å²) in [5.74, 6) is 0.826. The lowest BCUT2D eigenvalue weighted by Crippen LogP contribution is -2.50. The van der Waals surface area contributed by atoms with Gasteiger partial charge in [0, 0.05) is 40.8 Å². The lowest BCUT2D eigenvalue weighted by atomic mass is 10.1. The number of amides is 2. The Kier molecular flexibility index (Phi) is 10.1. The summed E-state index contributed by atoms with van der Waals surface area (Å²) in [5.41, 5.74) is 0.667. The molecule has 0 aliphatic rings. The van der Waals surface area contributed by atoms with Crippen LogP contribution >= 0.6 is 23.2 Å². The van der Waals surface area contributed by atoms with E-state index in [2.05, 4.69) is 5.32 Å². The molecule has 0 spiro atoms. The van der Waals surface area contributed by atoms with Crippen molar-refractivity contribution in [2.45, 2.75) is 45.8 Å². The van der Waals surface area contributed by atoms with Crippen molar-refractivity contribution in [1.29, 1.82) is 0 Å². The fourth-order valence-corrected chi connectivity index (χ4v) is 3.44. The molecule has 0 aliphatic carbocycles. The SMILES string of the molecule is CCC(C)NC(=O)C(C)N(Cc1ccc(Cl)cc1Cl)C(=O)COc1cc(OC)cc(OC)c1. The molecule has 180 valence electrons. The molecule has 2 rings (SSSR count). The van der Waals surface area contributed by atoms with Crippen LogP contribution in [0.2, 0.25) is 10.0 Å². The molecule has 1 N–H and O–H groups in total. The number of carbonyl (C=O) groups excluding carboxylic acids is 2. The summed E-state index contributed by atoms with van der Waals surface area (Å²) < 4.78 is 16.2. The first-order valence-corrected chi connectivity index (χ1v) is 11.3. The third-order valence-corrected chi connectivity index (χ3v) is 5.80. The van der Waals surface area contributed by atoms with Crippen molar-refractivity contribution in [3.8, 4) is 17.2 Å². The van der Waals surface area contributed by atoms with Gasteiger partial charge >= 0.3 is 0 Å². The average Bonchev–Trinajstić information content (AvgIpc) is 2.81. The first-order chi connectivity index (χ1) is 15.7. The standard InChI is InChI=1S/C24H30Cl2N2O5/c1-6-15(2)27-24(30)16(3)28(13-17-7-8-18(25)9-22(17)26)23(29)14-33-21-11-19(31-4)10-20(12-21)32-5/h7-12,15-16H,6,13-14H2,1-5H3,(H,27,30). The number of nitrogens with one attached hydrogen (secondary N) is 1. The lowest BCUT2D eigenvalue weighted by Gasteiger charge is -2.30. The second kappa shape index (κ2) is 12.6. The molecule has 2 aromatic carbocycles. The van der Waals surface area contributed by atoms with E-state index in [1.54, 1.807) is 43.3 Å². The van der Waals surface area contributed by atoms with Gasteiger partial charge in [-0.25, -0.2) is 0 Å². The van der Waals surface area contributed by atoms with Crippen molar-refractivity contribution in [2.24, 2.45) is 0 Å². The van der Waals surface area contributed by atoms with Crippen molar-refractivity contribution in [3.63, 3.8) is 0 Å². The number of hydrogen-bond acceptors (Lipinski definition) is 5. The van der Waals surface area contributed by atoms with Crippen molar-refractivity contribution in [1.82, 2.24) is 10.2 Å². The third kappa shape index (κ3) is 7.72. The minimum Gasteiger partial charge on any atom is -0.496 e. The van der Waals surface area contributed by atoms with Crippen LogP contribution in [-0.2, 0) is 16.1 Å². The molecule has 2 aromatic rings. The van der Waals surface area contributed by atoms with Crippen LogP contribution in [0.4, 0.5) is 0 Å². The summed E-state index contributed by atoms with van der Waals surface area (Å²) in [5, 5.41) is 3.81. The monoisotopic (exact) mass is 496 g/mol. The number of ether oxygens (including phenoxy) is 3. The maximum absolute atomic E-state index is 13.2. The lowest BCUT2D eigenvalue weighted by molar-refractivity contribution is -0.142. The number of halogens is 2. The number of benzene rings is 2. The van der Waals surface area contributed by atoms with Crippen LogP contribution in [0.3, 0.4) is 0 Å². The topological polar surface area (TPSA) is 77.1 Å². The Morgan fingerprint density at radius 3 is 2.15 bits per heavy atom. The molecule has 33 heavy (non-hydrogen) atoms. The number of rotatable bonds is 11. The fraction of sp³-hybridized carbons (Fsp3) is 0.417. The zero-order valence-corrected chi connectivity index (χ0v) is 21.0. The number of carbonyl (C=O) groups is 2. The Bertz CT molecular complexity index is 948. The van der Waals surface area contributed by atoms with Gasteiger partial charge in [-0.05, 0) is 38.0 Å². The van der Waals surface area contributed by atoms with Crippen LogP contribution in [0.1, 0.15) is 32.8 Å². The van der Waals surface area contributed by atoms with E-state index < -0.39 is 6.04 Å². The van der Waals surface area contributed by atoms with E-state index in [9.17, 15) is 9.59 Å². The molecule has 2 unspecified atom stereocenters. The molecule has 0 saturated heterocycles. The van der Waals surface area contributed by atoms with E-state index >= 15 is 0 Å². The van der Waals surface area contributed by atoms with Crippen LogP contribution in [0, 0.1) is 0 Å². The largest absolute Gasteiger partial charge is 0.496 e. The number of hydrogen-bond donors (Lipinski definition) is 1. The Morgan fingerprint density at radius 2 is 1.61 bits per heavy atom. The van der Waals surface area contributed by atoms with Gasteiger partial charge in [0.2, 0.25) is 5.91 Å². The predicted octanol–water partition coefficient (Wildman–Crippen LogP) is 4.72. The molecule has 0 heterocycles. The van der Waals surface area contributed by atoms with Gasteiger partial charge in [0.1, 0.15) is 23.3 Å². The zero-order valence-electron chi connectivity index (χ0n) is 19.5. The smallest absolute Gasteiger partial charge is 0.261 e. The molecule has 0 radical (unpaired) electrons. The highest BCUT2D eigenvalue weighted by Crippen LogP contribution is 2.28. The van der Waals surface area contributed by atoms with Crippen molar-refractivity contribution in [2.75, 3.05) is 20.8 Å². The van der Waals surface area contributed by atoms with Crippen molar-refractivity contribution < 1.29 is 23.8 Å². The molecule has 0 aromatic heterocycles. The van der Waals surface area contributed by atoms with E-state index in [-0.39, 0.29) is 31.0 Å². The normalized spacial score (nSPS) is 12.5. The maximum Gasteiger partial charge on any atom is 0.261 e. The fourth-order valence-electron chi connectivity index (χ4n) is 2.97. The van der Waals surface area contributed by atoms with Crippen molar-refractivity contribution >= 4 is 35.0 Å². The quantitative estimate of drug-likeness (QED) is 0.486. The summed E-state index contributed by atoms with van der Waals surface area (Å²) in [6, 6.07) is 9.25. The molecule has 7 nitrogen and oxygen atoms in total. The van der Waals surface area contributed by atoms with E-state index in [0.29, 0.717) is 32.9 Å². The van der Waals surface area contributed by atoms with Gasteiger partial charge in [-0.15, -0.1) is 0 Å². The van der Waals surface area contributed by atoms with Crippen LogP contribution < -0.4 is 19.5 Å². The molecule has 0 fully saturated rings. The van der Waals surface area contributed by atoms with Gasteiger partial charge in [0.15, 0.2) is 6.61 Å². The summed E-state index contributed by atoms with van der Waals surface area (Å²) in [6.45, 7) is 5.39. The highest BCUT2D eigenvalue weighted by molar-refractivity contribution is 6.35. The van der Waals surface area contributed by atoms with E-state index in [1.807, 2.05) is 13.8 Å². The Hall–Kier alpha value is -2.64. The van der Waals surface area contributed by atoms with Crippen LogP contribution in [0.5, 0.6) is 17.2 Å². The molecule has 2 atom stereocenters. The van der Waals surface area contributed by atoms with E-state index in [4.69, 9.17) is 37.4 Å². The van der Waals surface area contributed by atoms with Gasteiger partial charge in [-0.3, -0.25) is 9.59 Å². The highest BCUT2D eigenvalue weighted by atomic mass is 35.5. The molecular formula is C24H30Cl2N2O5. The Balaban J connectivity index is 2.24. The minimum absolute atomic E-state index is 0.0171. The van der Waals surface area contributed by atoms with Crippen LogP contribution in [-0.4, -0.2) is 49.6 Å². The minimum atomic E-state index is -0.748. The predicted molar refractivity (Wildman–Crippen MR) is 129 cm³/mol. The first kappa shape index (κ1) is 26.6. The average molecular weight is 497 g/mol. The van der Waals surface area contributed by atoms with E-state index in [0.717, 1.165) is 6.42 Å².